The number of benzene rings is 2. The van der Waals surface area contributed by atoms with E-state index < -0.39 is 0 Å². The molecule has 2 aromatic carbocycles. The van der Waals surface area contributed by atoms with Gasteiger partial charge in [-0.2, -0.15) is 0 Å². The minimum absolute atomic E-state index is 0.0822. The van der Waals surface area contributed by atoms with E-state index in [1.807, 2.05) is 6.08 Å². The molecular weight excluding hydrogens is 334 g/mol. The Kier molecular flexibility index (Phi) is 4.94. The summed E-state index contributed by atoms with van der Waals surface area (Å²) in [6, 6.07) is 11.3. The lowest BCUT2D eigenvalue weighted by Crippen LogP contribution is -1.84. The number of hydrogen-bond acceptors (Lipinski definition) is 6. The van der Waals surface area contributed by atoms with Gasteiger partial charge in [0.25, 0.3) is 0 Å². The van der Waals surface area contributed by atoms with Crippen LogP contribution in [-0.2, 0) is 0 Å². The first kappa shape index (κ1) is 17.2. The van der Waals surface area contributed by atoms with E-state index >= 15 is 0 Å². The van der Waals surface area contributed by atoms with Crippen LogP contribution in [0.1, 0.15) is 22.6 Å². The van der Waals surface area contributed by atoms with Crippen molar-refractivity contribution < 1.29 is 24.6 Å². The van der Waals surface area contributed by atoms with Gasteiger partial charge in [-0.25, -0.2) is 0 Å². The summed E-state index contributed by atoms with van der Waals surface area (Å²) in [4.78, 5) is 0. The van der Waals surface area contributed by atoms with Gasteiger partial charge >= 0.3 is 0 Å². The summed E-state index contributed by atoms with van der Waals surface area (Å²) in [5, 5.41) is 32.3. The van der Waals surface area contributed by atoms with Crippen molar-refractivity contribution in [3.63, 3.8) is 0 Å². The first-order valence-corrected chi connectivity index (χ1v) is 7.77. The molecule has 132 valence electrons. The van der Waals surface area contributed by atoms with Crippen molar-refractivity contribution in [1.82, 2.24) is 5.16 Å². The van der Waals surface area contributed by atoms with Crippen LogP contribution in [0.5, 0.6) is 23.0 Å². The molecule has 0 unspecified atom stereocenters. The SMILES string of the molecule is COc1cc(/C=C/c2cc(/C=C/c3ccc(O)c(O)c3)on2)ccc1O. The van der Waals surface area contributed by atoms with Crippen LogP contribution >= 0.6 is 0 Å². The Hall–Kier alpha value is -3.67. The number of aromatic nitrogens is 1. The second-order valence-corrected chi connectivity index (χ2v) is 5.50. The number of hydrogen-bond donors (Lipinski definition) is 3. The van der Waals surface area contributed by atoms with Gasteiger partial charge in [-0.1, -0.05) is 29.4 Å². The minimum atomic E-state index is -0.183. The third-order valence-electron chi connectivity index (χ3n) is 3.64. The molecule has 1 aromatic heterocycles. The molecule has 6 nitrogen and oxygen atoms in total. The van der Waals surface area contributed by atoms with Crippen molar-refractivity contribution >= 4 is 24.3 Å². The number of nitrogens with zero attached hydrogens (tertiary/aromatic N) is 1. The number of aromatic hydroxyl groups is 3. The first-order chi connectivity index (χ1) is 12.5. The van der Waals surface area contributed by atoms with E-state index in [-0.39, 0.29) is 17.2 Å². The number of ether oxygens (including phenoxy) is 1. The molecule has 3 rings (SSSR count). The topological polar surface area (TPSA) is 96.0 Å². The van der Waals surface area contributed by atoms with E-state index in [0.29, 0.717) is 22.8 Å². The van der Waals surface area contributed by atoms with Gasteiger partial charge in [-0.3, -0.25) is 0 Å². The average Bonchev–Trinajstić information content (AvgIpc) is 3.10. The Bertz CT molecular complexity index is 972. The molecule has 0 radical (unpaired) electrons. The Balaban J connectivity index is 1.71. The van der Waals surface area contributed by atoms with E-state index in [4.69, 9.17) is 9.26 Å². The molecule has 26 heavy (non-hydrogen) atoms. The second kappa shape index (κ2) is 7.48. The summed E-state index contributed by atoms with van der Waals surface area (Å²) in [5.41, 5.74) is 2.19. The second-order valence-electron chi connectivity index (χ2n) is 5.50. The maximum absolute atomic E-state index is 9.60. The van der Waals surface area contributed by atoms with E-state index in [1.54, 1.807) is 48.6 Å². The summed E-state index contributed by atoms with van der Waals surface area (Å²) in [6.45, 7) is 0. The Morgan fingerprint density at radius 3 is 2.23 bits per heavy atom. The molecule has 0 bridgehead atoms. The van der Waals surface area contributed by atoms with E-state index in [1.165, 1.54) is 19.2 Å². The third kappa shape index (κ3) is 4.05. The summed E-state index contributed by atoms with van der Waals surface area (Å²) in [5.74, 6) is 0.671. The van der Waals surface area contributed by atoms with Crippen molar-refractivity contribution in [3.8, 4) is 23.0 Å². The highest BCUT2D eigenvalue weighted by Gasteiger charge is 2.02. The number of rotatable bonds is 5. The highest BCUT2D eigenvalue weighted by molar-refractivity contribution is 5.72. The zero-order valence-electron chi connectivity index (χ0n) is 14.0. The number of phenols is 3. The molecule has 0 saturated heterocycles. The quantitative estimate of drug-likeness (QED) is 0.598. The molecule has 0 spiro atoms. The lowest BCUT2D eigenvalue weighted by Gasteiger charge is -2.03. The van der Waals surface area contributed by atoms with Gasteiger partial charge < -0.3 is 24.6 Å². The summed E-state index contributed by atoms with van der Waals surface area (Å²) in [6.07, 6.45) is 7.04. The number of methoxy groups -OCH3 is 1. The molecule has 0 aliphatic heterocycles. The van der Waals surface area contributed by atoms with E-state index in [9.17, 15) is 15.3 Å². The normalized spacial score (nSPS) is 11.4. The molecule has 0 fully saturated rings. The van der Waals surface area contributed by atoms with E-state index in [2.05, 4.69) is 5.16 Å². The molecule has 0 amide bonds. The Morgan fingerprint density at radius 2 is 1.50 bits per heavy atom. The van der Waals surface area contributed by atoms with Crippen molar-refractivity contribution in [1.29, 1.82) is 0 Å². The predicted octanol–water partition coefficient (Wildman–Crippen LogP) is 4.14. The molecule has 0 aliphatic rings. The Morgan fingerprint density at radius 1 is 0.808 bits per heavy atom. The highest BCUT2D eigenvalue weighted by Crippen LogP contribution is 2.27. The lowest BCUT2D eigenvalue weighted by molar-refractivity contribution is 0.373. The van der Waals surface area contributed by atoms with Crippen LogP contribution in [0.25, 0.3) is 24.3 Å². The van der Waals surface area contributed by atoms with Crippen molar-refractivity contribution in [2.24, 2.45) is 0 Å². The van der Waals surface area contributed by atoms with Crippen LogP contribution in [0, 0.1) is 0 Å². The molecule has 1 heterocycles. The van der Waals surface area contributed by atoms with Crippen LogP contribution in [0.2, 0.25) is 0 Å². The van der Waals surface area contributed by atoms with Crippen molar-refractivity contribution in [2.45, 2.75) is 0 Å². The molecular formula is C20H17NO5. The minimum Gasteiger partial charge on any atom is -0.504 e. The van der Waals surface area contributed by atoms with Gasteiger partial charge in [-0.15, -0.1) is 0 Å². The van der Waals surface area contributed by atoms with Gasteiger partial charge in [0.1, 0.15) is 5.69 Å². The fourth-order valence-electron chi connectivity index (χ4n) is 2.26. The fourth-order valence-corrected chi connectivity index (χ4v) is 2.26. The van der Waals surface area contributed by atoms with Crippen LogP contribution in [0.4, 0.5) is 0 Å². The largest absolute Gasteiger partial charge is 0.504 e. The Labute approximate surface area is 149 Å². The van der Waals surface area contributed by atoms with Crippen LogP contribution in [0.15, 0.2) is 47.0 Å². The summed E-state index contributed by atoms with van der Waals surface area (Å²) >= 11 is 0. The van der Waals surface area contributed by atoms with Crippen molar-refractivity contribution in [3.05, 3.63) is 65.0 Å². The predicted molar refractivity (Wildman–Crippen MR) is 98.8 cm³/mol. The molecule has 3 N–H and O–H groups in total. The van der Waals surface area contributed by atoms with E-state index in [0.717, 1.165) is 5.56 Å². The zero-order chi connectivity index (χ0) is 18.5. The summed E-state index contributed by atoms with van der Waals surface area (Å²) < 4.78 is 10.3. The third-order valence-corrected chi connectivity index (χ3v) is 3.64. The number of phenolic OH excluding ortho intramolecular Hbond substituents is 3. The van der Waals surface area contributed by atoms with Gasteiger partial charge in [-0.05, 0) is 47.5 Å². The summed E-state index contributed by atoms with van der Waals surface area (Å²) in [7, 11) is 1.49. The maximum Gasteiger partial charge on any atom is 0.161 e. The monoisotopic (exact) mass is 351 g/mol. The molecule has 0 saturated carbocycles. The van der Waals surface area contributed by atoms with Gasteiger partial charge in [0.05, 0.1) is 7.11 Å². The van der Waals surface area contributed by atoms with Gasteiger partial charge in [0.2, 0.25) is 0 Å². The molecule has 0 aliphatic carbocycles. The van der Waals surface area contributed by atoms with Gasteiger partial charge in [0.15, 0.2) is 28.8 Å². The fraction of sp³-hybridized carbons (Fsp3) is 0.0500. The van der Waals surface area contributed by atoms with Crippen LogP contribution in [-0.4, -0.2) is 27.6 Å². The first-order valence-electron chi connectivity index (χ1n) is 7.77. The van der Waals surface area contributed by atoms with Crippen molar-refractivity contribution in [2.75, 3.05) is 7.11 Å². The molecule has 0 atom stereocenters. The smallest absolute Gasteiger partial charge is 0.161 e. The molecule has 6 heteroatoms. The van der Waals surface area contributed by atoms with Crippen LogP contribution in [0.3, 0.4) is 0 Å². The lowest BCUT2D eigenvalue weighted by atomic mass is 10.1. The molecule has 3 aromatic rings. The van der Waals surface area contributed by atoms with Crippen LogP contribution < -0.4 is 4.74 Å². The zero-order valence-corrected chi connectivity index (χ0v) is 14.0. The maximum atomic E-state index is 9.60. The highest BCUT2D eigenvalue weighted by atomic mass is 16.5. The average molecular weight is 351 g/mol. The standard InChI is InChI=1S/C20H17NO5/c1-25-20-11-14(5-9-18(20)23)2-6-15-12-16(26-21-15)7-3-13-4-8-17(22)19(24)10-13/h2-12,22-24H,1H3/b6-2+,7-3+. The van der Waals surface area contributed by atoms with Gasteiger partial charge in [0, 0.05) is 6.07 Å².